The van der Waals surface area contributed by atoms with Gasteiger partial charge in [0.1, 0.15) is 0 Å². The molecule has 0 spiro atoms. The third-order valence-electron chi connectivity index (χ3n) is 2.72. The van der Waals surface area contributed by atoms with Gasteiger partial charge in [-0.25, -0.2) is 9.97 Å². The van der Waals surface area contributed by atoms with E-state index in [0.29, 0.717) is 5.69 Å². The Labute approximate surface area is 119 Å². The Morgan fingerprint density at radius 3 is 2.62 bits per heavy atom. The van der Waals surface area contributed by atoms with Crippen LogP contribution in [0.3, 0.4) is 0 Å². The molecule has 0 unspecified atom stereocenters. The predicted octanol–water partition coefficient (Wildman–Crippen LogP) is 2.99. The molecule has 21 heavy (non-hydrogen) atoms. The van der Waals surface area contributed by atoms with E-state index in [0.717, 1.165) is 6.07 Å². The van der Waals surface area contributed by atoms with Crippen LogP contribution in [0, 0.1) is 6.92 Å². The lowest BCUT2D eigenvalue weighted by Gasteiger charge is -2.12. The van der Waals surface area contributed by atoms with Gasteiger partial charge in [-0.1, -0.05) is 18.2 Å². The Bertz CT molecular complexity index is 656. The van der Waals surface area contributed by atoms with E-state index in [4.69, 9.17) is 0 Å². The fourth-order valence-corrected chi connectivity index (χ4v) is 1.80. The van der Waals surface area contributed by atoms with E-state index in [1.54, 1.807) is 13.0 Å². The number of alkyl halides is 3. The summed E-state index contributed by atoms with van der Waals surface area (Å²) in [6.07, 6.45) is -3.43. The summed E-state index contributed by atoms with van der Waals surface area (Å²) in [5.41, 5.74) is -0.253. The van der Waals surface area contributed by atoms with Crippen LogP contribution >= 0.6 is 0 Å². The van der Waals surface area contributed by atoms with Crippen LogP contribution in [0.4, 0.5) is 19.1 Å². The van der Waals surface area contributed by atoms with Crippen molar-refractivity contribution < 1.29 is 18.0 Å². The summed E-state index contributed by atoms with van der Waals surface area (Å²) >= 11 is 0. The first-order valence-electron chi connectivity index (χ1n) is 6.11. The Morgan fingerprint density at radius 1 is 1.24 bits per heavy atom. The molecule has 1 aromatic carbocycles. The first kappa shape index (κ1) is 15.0. The van der Waals surface area contributed by atoms with Gasteiger partial charge in [0.15, 0.2) is 0 Å². The van der Waals surface area contributed by atoms with Crippen molar-refractivity contribution in [3.63, 3.8) is 0 Å². The highest BCUT2D eigenvalue weighted by atomic mass is 19.4. The molecule has 0 radical (unpaired) electrons. The maximum absolute atomic E-state index is 12.8. The maximum atomic E-state index is 12.8. The Morgan fingerprint density at radius 2 is 1.95 bits per heavy atom. The summed E-state index contributed by atoms with van der Waals surface area (Å²) in [4.78, 5) is 19.6. The van der Waals surface area contributed by atoms with Crippen LogP contribution in [0.5, 0.6) is 0 Å². The minimum Gasteiger partial charge on any atom is -0.294 e. The molecular formula is C14H12F3N3O. The van der Waals surface area contributed by atoms with Gasteiger partial charge in [0.05, 0.1) is 12.0 Å². The van der Waals surface area contributed by atoms with Crippen molar-refractivity contribution in [2.24, 2.45) is 0 Å². The third-order valence-corrected chi connectivity index (χ3v) is 2.72. The van der Waals surface area contributed by atoms with E-state index < -0.39 is 24.1 Å². The van der Waals surface area contributed by atoms with Crippen molar-refractivity contribution in [3.8, 4) is 0 Å². The highest BCUT2D eigenvalue weighted by Crippen LogP contribution is 2.32. The Balaban J connectivity index is 2.14. The van der Waals surface area contributed by atoms with E-state index >= 15 is 0 Å². The van der Waals surface area contributed by atoms with Gasteiger partial charge in [0, 0.05) is 11.9 Å². The number of carbonyl (C=O) groups excluding carboxylic acids is 1. The summed E-state index contributed by atoms with van der Waals surface area (Å²) in [5, 5.41) is 2.38. The predicted molar refractivity (Wildman–Crippen MR) is 70.5 cm³/mol. The van der Waals surface area contributed by atoms with Gasteiger partial charge in [0.2, 0.25) is 11.9 Å². The molecule has 0 aliphatic carbocycles. The second-order valence-corrected chi connectivity index (χ2v) is 4.40. The minimum atomic E-state index is -4.49. The number of aromatic nitrogens is 2. The van der Waals surface area contributed by atoms with Gasteiger partial charge in [-0.15, -0.1) is 0 Å². The molecule has 4 nitrogen and oxygen atoms in total. The SMILES string of the molecule is Cc1ccnc(NC(=O)Cc2ccccc2C(F)(F)F)n1. The number of halogens is 3. The van der Waals surface area contributed by atoms with Crippen LogP contribution in [0.2, 0.25) is 0 Å². The highest BCUT2D eigenvalue weighted by Gasteiger charge is 2.33. The molecule has 0 atom stereocenters. The molecule has 2 aromatic rings. The lowest BCUT2D eigenvalue weighted by atomic mass is 10.0. The average Bonchev–Trinajstić information content (AvgIpc) is 2.37. The van der Waals surface area contributed by atoms with E-state index in [2.05, 4.69) is 15.3 Å². The lowest BCUT2D eigenvalue weighted by molar-refractivity contribution is -0.138. The summed E-state index contributed by atoms with van der Waals surface area (Å²) in [7, 11) is 0. The zero-order valence-corrected chi connectivity index (χ0v) is 11.1. The number of carbonyl (C=O) groups is 1. The van der Waals surface area contributed by atoms with Crippen molar-refractivity contribution in [2.45, 2.75) is 19.5 Å². The molecule has 1 aromatic heterocycles. The zero-order chi connectivity index (χ0) is 15.5. The summed E-state index contributed by atoms with van der Waals surface area (Å²) < 4.78 is 38.5. The molecule has 1 N–H and O–H groups in total. The topological polar surface area (TPSA) is 54.9 Å². The van der Waals surface area contributed by atoms with Gasteiger partial charge < -0.3 is 0 Å². The normalized spacial score (nSPS) is 11.2. The van der Waals surface area contributed by atoms with Crippen LogP contribution in [0.25, 0.3) is 0 Å². The monoisotopic (exact) mass is 295 g/mol. The number of nitrogens with one attached hydrogen (secondary N) is 1. The smallest absolute Gasteiger partial charge is 0.294 e. The number of benzene rings is 1. The molecule has 7 heteroatoms. The number of aryl methyl sites for hydroxylation is 1. The van der Waals surface area contributed by atoms with E-state index in [1.165, 1.54) is 24.4 Å². The largest absolute Gasteiger partial charge is 0.416 e. The number of hydrogen-bond acceptors (Lipinski definition) is 3. The molecule has 110 valence electrons. The molecule has 0 saturated carbocycles. The second-order valence-electron chi connectivity index (χ2n) is 4.40. The van der Waals surface area contributed by atoms with E-state index in [1.807, 2.05) is 0 Å². The van der Waals surface area contributed by atoms with Crippen LogP contribution in [-0.2, 0) is 17.4 Å². The lowest BCUT2D eigenvalue weighted by Crippen LogP contribution is -2.19. The van der Waals surface area contributed by atoms with Crippen molar-refractivity contribution in [1.82, 2.24) is 9.97 Å². The standard InChI is InChI=1S/C14H12F3N3O/c1-9-6-7-18-13(19-9)20-12(21)8-10-4-2-3-5-11(10)14(15,16)17/h2-7H,8H2,1H3,(H,18,19,20,21). The van der Waals surface area contributed by atoms with E-state index in [9.17, 15) is 18.0 Å². The Kier molecular flexibility index (Phi) is 4.21. The van der Waals surface area contributed by atoms with Crippen molar-refractivity contribution in [3.05, 3.63) is 53.3 Å². The highest BCUT2D eigenvalue weighted by molar-refractivity contribution is 5.90. The first-order valence-corrected chi connectivity index (χ1v) is 6.11. The molecule has 1 amide bonds. The fourth-order valence-electron chi connectivity index (χ4n) is 1.80. The second kappa shape index (κ2) is 5.90. The van der Waals surface area contributed by atoms with Crippen LogP contribution in [-0.4, -0.2) is 15.9 Å². The van der Waals surface area contributed by atoms with Crippen molar-refractivity contribution >= 4 is 11.9 Å². The number of amides is 1. The van der Waals surface area contributed by atoms with E-state index in [-0.39, 0.29) is 11.5 Å². The molecular weight excluding hydrogens is 283 g/mol. The quantitative estimate of drug-likeness (QED) is 0.947. The number of hydrogen-bond donors (Lipinski definition) is 1. The molecule has 0 bridgehead atoms. The zero-order valence-electron chi connectivity index (χ0n) is 11.1. The van der Waals surface area contributed by atoms with Crippen molar-refractivity contribution in [1.29, 1.82) is 0 Å². The number of rotatable bonds is 3. The number of anilines is 1. The maximum Gasteiger partial charge on any atom is 0.416 e. The molecule has 0 aliphatic rings. The molecule has 2 rings (SSSR count). The minimum absolute atomic E-state index is 0.0736. The van der Waals surface area contributed by atoms with Gasteiger partial charge >= 0.3 is 6.18 Å². The van der Waals surface area contributed by atoms with Gasteiger partial charge in [-0.05, 0) is 24.6 Å². The molecule has 1 heterocycles. The Hall–Kier alpha value is -2.44. The van der Waals surface area contributed by atoms with Crippen LogP contribution < -0.4 is 5.32 Å². The summed E-state index contributed by atoms with van der Waals surface area (Å²) in [5.74, 6) is -0.526. The summed E-state index contributed by atoms with van der Waals surface area (Å²) in [6.45, 7) is 1.72. The third kappa shape index (κ3) is 4.01. The number of nitrogens with zero attached hydrogens (tertiary/aromatic N) is 2. The van der Waals surface area contributed by atoms with Crippen molar-refractivity contribution in [2.75, 3.05) is 5.32 Å². The average molecular weight is 295 g/mol. The van der Waals surface area contributed by atoms with Gasteiger partial charge in [-0.3, -0.25) is 10.1 Å². The summed E-state index contributed by atoms with van der Waals surface area (Å²) in [6, 6.07) is 6.62. The van der Waals surface area contributed by atoms with Gasteiger partial charge in [-0.2, -0.15) is 13.2 Å². The van der Waals surface area contributed by atoms with Crippen LogP contribution in [0.1, 0.15) is 16.8 Å². The van der Waals surface area contributed by atoms with Crippen LogP contribution in [0.15, 0.2) is 36.5 Å². The molecule has 0 fully saturated rings. The fraction of sp³-hybridized carbons (Fsp3) is 0.214. The molecule has 0 aliphatic heterocycles. The first-order chi connectivity index (χ1) is 9.86. The molecule has 0 saturated heterocycles. The van der Waals surface area contributed by atoms with Gasteiger partial charge in [0.25, 0.3) is 0 Å².